The van der Waals surface area contributed by atoms with Gasteiger partial charge in [0.2, 0.25) is 0 Å². The second kappa shape index (κ2) is 10.5. The molecule has 6 heteroatoms. The zero-order valence-corrected chi connectivity index (χ0v) is 21.8. The fourth-order valence-electron chi connectivity index (χ4n) is 4.79. The lowest BCUT2D eigenvalue weighted by atomic mass is 10.0. The molecule has 2 aromatic heterocycles. The van der Waals surface area contributed by atoms with E-state index in [0.29, 0.717) is 28.9 Å². The zero-order chi connectivity index (χ0) is 27.6. The first kappa shape index (κ1) is 24.4. The molecule has 7 rings (SSSR count). The molecule has 0 amide bonds. The van der Waals surface area contributed by atoms with E-state index in [-0.39, 0.29) is 5.56 Å². The molecule has 0 fully saturated rings. The summed E-state index contributed by atoms with van der Waals surface area (Å²) in [5.41, 5.74) is 5.04. The van der Waals surface area contributed by atoms with Crippen LogP contribution in [0.2, 0.25) is 0 Å². The van der Waals surface area contributed by atoms with Gasteiger partial charge < -0.3 is 0 Å². The van der Waals surface area contributed by atoms with Crippen LogP contribution in [0.4, 0.5) is 4.39 Å². The SMILES string of the molecule is Fc1ccc(-c2nc(-c3ccccc3)nc(-c3ccccc3)n2)cc1-c1nc(-c2ccccc2)c2ccccc2n1. The third kappa shape index (κ3) is 4.83. The Hall–Kier alpha value is -5.62. The van der Waals surface area contributed by atoms with E-state index in [9.17, 15) is 0 Å². The molecule has 0 unspecified atom stereocenters. The van der Waals surface area contributed by atoms with Crippen LogP contribution < -0.4 is 0 Å². The van der Waals surface area contributed by atoms with Gasteiger partial charge in [0.15, 0.2) is 23.3 Å². The van der Waals surface area contributed by atoms with Gasteiger partial charge in [-0.25, -0.2) is 29.3 Å². The lowest BCUT2D eigenvalue weighted by molar-refractivity contribution is 0.630. The Labute approximate surface area is 236 Å². The summed E-state index contributed by atoms with van der Waals surface area (Å²) in [5, 5.41) is 0.900. The molecule has 194 valence electrons. The van der Waals surface area contributed by atoms with Crippen molar-refractivity contribution in [3.8, 4) is 56.8 Å². The average molecular weight is 532 g/mol. The maximum absolute atomic E-state index is 15.5. The normalized spacial score (nSPS) is 11.0. The van der Waals surface area contributed by atoms with Crippen molar-refractivity contribution < 1.29 is 4.39 Å². The van der Waals surface area contributed by atoms with Crippen molar-refractivity contribution in [3.63, 3.8) is 0 Å². The molecule has 0 atom stereocenters. The number of aromatic nitrogens is 5. The quantitative estimate of drug-likeness (QED) is 0.224. The number of hydrogen-bond donors (Lipinski definition) is 0. The zero-order valence-electron chi connectivity index (χ0n) is 21.8. The first-order valence-electron chi connectivity index (χ1n) is 13.2. The van der Waals surface area contributed by atoms with Crippen LogP contribution in [0.3, 0.4) is 0 Å². The Morgan fingerprint density at radius 1 is 0.390 bits per heavy atom. The smallest absolute Gasteiger partial charge is 0.164 e. The highest BCUT2D eigenvalue weighted by molar-refractivity contribution is 5.93. The Morgan fingerprint density at radius 2 is 0.902 bits per heavy atom. The van der Waals surface area contributed by atoms with Crippen molar-refractivity contribution in [2.24, 2.45) is 0 Å². The molecule has 0 aliphatic carbocycles. The van der Waals surface area contributed by atoms with Gasteiger partial charge in [0.1, 0.15) is 5.82 Å². The summed E-state index contributed by atoms with van der Waals surface area (Å²) in [5.74, 6) is 1.37. The van der Waals surface area contributed by atoms with Crippen LogP contribution in [0.1, 0.15) is 0 Å². The molecule has 0 saturated heterocycles. The highest BCUT2D eigenvalue weighted by Crippen LogP contribution is 2.32. The number of benzene rings is 5. The highest BCUT2D eigenvalue weighted by atomic mass is 19.1. The second-order valence-electron chi connectivity index (χ2n) is 9.51. The molecule has 5 aromatic carbocycles. The average Bonchev–Trinajstić information content (AvgIpc) is 3.05. The Balaban J connectivity index is 1.41. The second-order valence-corrected chi connectivity index (χ2v) is 9.51. The van der Waals surface area contributed by atoms with Crippen LogP contribution in [0, 0.1) is 5.82 Å². The molecule has 5 nitrogen and oxygen atoms in total. The fraction of sp³-hybridized carbons (Fsp3) is 0. The summed E-state index contributed by atoms with van der Waals surface area (Å²) in [4.78, 5) is 24.0. The fourth-order valence-corrected chi connectivity index (χ4v) is 4.79. The molecule has 0 aliphatic heterocycles. The molecule has 0 bridgehead atoms. The van der Waals surface area contributed by atoms with E-state index >= 15 is 4.39 Å². The van der Waals surface area contributed by atoms with Crippen molar-refractivity contribution in [3.05, 3.63) is 139 Å². The number of para-hydroxylation sites is 1. The number of nitrogens with zero attached hydrogens (tertiary/aromatic N) is 5. The monoisotopic (exact) mass is 531 g/mol. The molecule has 0 spiro atoms. The maximum atomic E-state index is 15.5. The standard InChI is InChI=1S/C35H22FN5/c36-29-21-20-26(34-40-32(24-14-6-2-7-15-24)39-33(41-34)25-16-8-3-9-17-25)22-28(29)35-37-30-19-11-10-18-27(30)31(38-35)23-12-4-1-5-13-23/h1-22H. The van der Waals surface area contributed by atoms with Gasteiger partial charge in [-0.1, -0.05) is 109 Å². The minimum absolute atomic E-state index is 0.272. The van der Waals surface area contributed by atoms with Crippen LogP contribution in [0.15, 0.2) is 133 Å². The van der Waals surface area contributed by atoms with E-state index in [1.54, 1.807) is 12.1 Å². The van der Waals surface area contributed by atoms with E-state index in [1.165, 1.54) is 6.07 Å². The first-order chi connectivity index (χ1) is 20.2. The van der Waals surface area contributed by atoms with Crippen LogP contribution >= 0.6 is 0 Å². The van der Waals surface area contributed by atoms with Crippen molar-refractivity contribution in [1.29, 1.82) is 0 Å². The largest absolute Gasteiger partial charge is 0.228 e. The van der Waals surface area contributed by atoms with E-state index in [0.717, 1.165) is 33.3 Å². The van der Waals surface area contributed by atoms with Crippen LogP contribution in [0.25, 0.3) is 67.7 Å². The first-order valence-corrected chi connectivity index (χ1v) is 13.2. The molecular formula is C35H22FN5. The summed E-state index contributed by atoms with van der Waals surface area (Å²) in [6.45, 7) is 0. The van der Waals surface area contributed by atoms with Crippen LogP contribution in [0.5, 0.6) is 0 Å². The molecule has 0 radical (unpaired) electrons. The number of rotatable bonds is 5. The third-order valence-electron chi connectivity index (χ3n) is 6.82. The molecule has 0 aliphatic rings. The van der Waals surface area contributed by atoms with Crippen LogP contribution in [-0.4, -0.2) is 24.9 Å². The van der Waals surface area contributed by atoms with Crippen molar-refractivity contribution in [1.82, 2.24) is 24.9 Å². The van der Waals surface area contributed by atoms with Gasteiger partial charge in [-0.2, -0.15) is 0 Å². The lowest BCUT2D eigenvalue weighted by Gasteiger charge is -2.12. The Bertz CT molecular complexity index is 1940. The topological polar surface area (TPSA) is 64.5 Å². The lowest BCUT2D eigenvalue weighted by Crippen LogP contribution is -2.01. The van der Waals surface area contributed by atoms with Crippen molar-refractivity contribution >= 4 is 10.9 Å². The third-order valence-corrected chi connectivity index (χ3v) is 6.82. The minimum Gasteiger partial charge on any atom is -0.228 e. The molecule has 7 aromatic rings. The van der Waals surface area contributed by atoms with Gasteiger partial charge in [0.05, 0.1) is 16.8 Å². The molecule has 0 N–H and O–H groups in total. The van der Waals surface area contributed by atoms with Gasteiger partial charge in [-0.15, -0.1) is 0 Å². The summed E-state index contributed by atoms with van der Waals surface area (Å²) >= 11 is 0. The maximum Gasteiger partial charge on any atom is 0.164 e. The summed E-state index contributed by atoms with van der Waals surface area (Å²) < 4.78 is 15.5. The number of hydrogen-bond acceptors (Lipinski definition) is 5. The Kier molecular flexibility index (Phi) is 6.26. The van der Waals surface area contributed by atoms with Gasteiger partial charge >= 0.3 is 0 Å². The van der Waals surface area contributed by atoms with Gasteiger partial charge in [0, 0.05) is 27.6 Å². The minimum atomic E-state index is -0.427. The number of fused-ring (bicyclic) bond motifs is 1. The predicted molar refractivity (Wildman–Crippen MR) is 160 cm³/mol. The molecule has 41 heavy (non-hydrogen) atoms. The molecule has 2 heterocycles. The molecular weight excluding hydrogens is 509 g/mol. The van der Waals surface area contributed by atoms with Crippen molar-refractivity contribution in [2.75, 3.05) is 0 Å². The summed E-state index contributed by atoms with van der Waals surface area (Å²) in [6, 6.07) is 41.9. The van der Waals surface area contributed by atoms with Gasteiger partial charge in [-0.3, -0.25) is 0 Å². The predicted octanol–water partition coefficient (Wildman–Crippen LogP) is 8.29. The van der Waals surface area contributed by atoms with Gasteiger partial charge in [-0.05, 0) is 24.3 Å². The summed E-state index contributed by atoms with van der Waals surface area (Å²) in [6.07, 6.45) is 0. The van der Waals surface area contributed by atoms with Crippen LogP contribution in [-0.2, 0) is 0 Å². The summed E-state index contributed by atoms with van der Waals surface area (Å²) in [7, 11) is 0. The highest BCUT2D eigenvalue weighted by Gasteiger charge is 2.17. The Morgan fingerprint density at radius 3 is 1.51 bits per heavy atom. The number of halogens is 1. The van der Waals surface area contributed by atoms with E-state index in [4.69, 9.17) is 24.9 Å². The van der Waals surface area contributed by atoms with E-state index in [2.05, 4.69) is 0 Å². The van der Waals surface area contributed by atoms with E-state index < -0.39 is 5.82 Å². The van der Waals surface area contributed by atoms with Crippen molar-refractivity contribution in [2.45, 2.75) is 0 Å². The van der Waals surface area contributed by atoms with Gasteiger partial charge in [0.25, 0.3) is 0 Å². The molecule has 0 saturated carbocycles. The van der Waals surface area contributed by atoms with E-state index in [1.807, 2.05) is 115 Å².